The standard InChI is InChI=1S/C18H18N2O3/c1-12-7-9-13(10-8-12)18(22)20-11-16(17(21)19-2)23-15-6-4-3-5-14(15)20/h3-10,16H,11H2,1-2H3,(H,19,21). The lowest BCUT2D eigenvalue weighted by atomic mass is 10.1. The molecule has 1 heterocycles. The number of carbonyl (C=O) groups is 2. The van der Waals surface area contributed by atoms with Crippen molar-refractivity contribution in [2.75, 3.05) is 18.5 Å². The van der Waals surface area contributed by atoms with Crippen LogP contribution in [0.15, 0.2) is 48.5 Å². The molecule has 0 spiro atoms. The predicted molar refractivity (Wildman–Crippen MR) is 87.8 cm³/mol. The minimum Gasteiger partial charge on any atom is -0.477 e. The Kier molecular flexibility index (Phi) is 4.02. The van der Waals surface area contributed by atoms with E-state index < -0.39 is 6.10 Å². The summed E-state index contributed by atoms with van der Waals surface area (Å²) >= 11 is 0. The van der Waals surface area contributed by atoms with Crippen LogP contribution < -0.4 is 15.0 Å². The van der Waals surface area contributed by atoms with E-state index in [2.05, 4.69) is 5.32 Å². The molecular weight excluding hydrogens is 292 g/mol. The molecule has 0 radical (unpaired) electrons. The van der Waals surface area contributed by atoms with Gasteiger partial charge >= 0.3 is 0 Å². The molecule has 23 heavy (non-hydrogen) atoms. The fourth-order valence-corrected chi connectivity index (χ4v) is 2.58. The molecule has 1 unspecified atom stereocenters. The maximum atomic E-state index is 12.9. The quantitative estimate of drug-likeness (QED) is 0.924. The molecule has 2 aromatic carbocycles. The third-order valence-electron chi connectivity index (χ3n) is 3.86. The number of hydrogen-bond donors (Lipinski definition) is 1. The van der Waals surface area contributed by atoms with Gasteiger partial charge in [0.15, 0.2) is 6.10 Å². The summed E-state index contributed by atoms with van der Waals surface area (Å²) in [5.74, 6) is 0.142. The summed E-state index contributed by atoms with van der Waals surface area (Å²) < 4.78 is 5.71. The van der Waals surface area contributed by atoms with Gasteiger partial charge in [0.2, 0.25) is 0 Å². The highest BCUT2D eigenvalue weighted by Crippen LogP contribution is 2.34. The maximum absolute atomic E-state index is 12.9. The minimum atomic E-state index is -0.718. The van der Waals surface area contributed by atoms with Crippen LogP contribution in [0.5, 0.6) is 5.75 Å². The topological polar surface area (TPSA) is 58.6 Å². The van der Waals surface area contributed by atoms with Gasteiger partial charge in [0.25, 0.3) is 11.8 Å². The largest absolute Gasteiger partial charge is 0.477 e. The second-order valence-corrected chi connectivity index (χ2v) is 5.47. The highest BCUT2D eigenvalue weighted by Gasteiger charge is 2.33. The number of rotatable bonds is 2. The van der Waals surface area contributed by atoms with Crippen molar-refractivity contribution in [1.82, 2.24) is 5.32 Å². The van der Waals surface area contributed by atoms with Crippen molar-refractivity contribution in [3.8, 4) is 5.75 Å². The van der Waals surface area contributed by atoms with Crippen molar-refractivity contribution in [2.45, 2.75) is 13.0 Å². The molecule has 5 heteroatoms. The van der Waals surface area contributed by atoms with Crippen LogP contribution in [0.2, 0.25) is 0 Å². The van der Waals surface area contributed by atoms with Crippen molar-refractivity contribution in [3.05, 3.63) is 59.7 Å². The lowest BCUT2D eigenvalue weighted by molar-refractivity contribution is -0.127. The molecule has 118 valence electrons. The Morgan fingerprint density at radius 1 is 1.13 bits per heavy atom. The normalized spacial score (nSPS) is 16.3. The fourth-order valence-electron chi connectivity index (χ4n) is 2.58. The lowest BCUT2D eigenvalue weighted by Crippen LogP contribution is -2.50. The van der Waals surface area contributed by atoms with Crippen molar-refractivity contribution in [1.29, 1.82) is 0 Å². The fraction of sp³-hybridized carbons (Fsp3) is 0.222. The summed E-state index contributed by atoms with van der Waals surface area (Å²) in [4.78, 5) is 26.4. The third kappa shape index (κ3) is 2.90. The molecule has 5 nitrogen and oxygen atoms in total. The second kappa shape index (κ2) is 6.12. The molecule has 0 saturated carbocycles. The number of carbonyl (C=O) groups excluding carboxylic acids is 2. The molecule has 0 saturated heterocycles. The van der Waals surface area contributed by atoms with E-state index in [-0.39, 0.29) is 18.4 Å². The first kappa shape index (κ1) is 15.1. The molecule has 0 bridgehead atoms. The highest BCUT2D eigenvalue weighted by atomic mass is 16.5. The van der Waals surface area contributed by atoms with E-state index in [0.29, 0.717) is 17.0 Å². The Hall–Kier alpha value is -2.82. The van der Waals surface area contributed by atoms with Gasteiger partial charge in [0.05, 0.1) is 12.2 Å². The van der Waals surface area contributed by atoms with E-state index in [0.717, 1.165) is 5.56 Å². The average Bonchev–Trinajstić information content (AvgIpc) is 2.60. The minimum absolute atomic E-state index is 0.144. The molecule has 1 aliphatic rings. The number of nitrogens with one attached hydrogen (secondary N) is 1. The van der Waals surface area contributed by atoms with E-state index >= 15 is 0 Å². The zero-order valence-corrected chi connectivity index (χ0v) is 13.1. The van der Waals surface area contributed by atoms with Crippen LogP contribution in [0, 0.1) is 6.92 Å². The summed E-state index contributed by atoms with van der Waals surface area (Å²) in [7, 11) is 1.55. The first-order valence-electron chi connectivity index (χ1n) is 7.46. The Balaban J connectivity index is 1.97. The van der Waals surface area contributed by atoms with Crippen LogP contribution in [-0.2, 0) is 4.79 Å². The van der Waals surface area contributed by atoms with Crippen LogP contribution in [0.4, 0.5) is 5.69 Å². The highest BCUT2D eigenvalue weighted by molar-refractivity contribution is 6.07. The monoisotopic (exact) mass is 310 g/mol. The zero-order valence-electron chi connectivity index (χ0n) is 13.1. The summed E-state index contributed by atoms with van der Waals surface area (Å²) in [6.07, 6.45) is -0.718. The molecule has 0 aromatic heterocycles. The molecular formula is C18H18N2O3. The van der Waals surface area contributed by atoms with E-state index in [1.807, 2.05) is 37.3 Å². The number of fused-ring (bicyclic) bond motifs is 1. The maximum Gasteiger partial charge on any atom is 0.262 e. The number of benzene rings is 2. The molecule has 1 atom stereocenters. The van der Waals surface area contributed by atoms with Gasteiger partial charge in [-0.1, -0.05) is 29.8 Å². The average molecular weight is 310 g/mol. The van der Waals surface area contributed by atoms with Crippen molar-refractivity contribution >= 4 is 17.5 Å². The number of likely N-dealkylation sites (N-methyl/N-ethyl adjacent to an activating group) is 1. The Morgan fingerprint density at radius 2 is 1.83 bits per heavy atom. The van der Waals surface area contributed by atoms with Gasteiger partial charge < -0.3 is 15.0 Å². The molecule has 2 amide bonds. The Labute approximate surface area is 134 Å². The van der Waals surface area contributed by atoms with Gasteiger partial charge in [-0.2, -0.15) is 0 Å². The number of amides is 2. The number of ether oxygens (including phenoxy) is 1. The van der Waals surface area contributed by atoms with Gasteiger partial charge in [-0.15, -0.1) is 0 Å². The predicted octanol–water partition coefficient (Wildman–Crippen LogP) is 2.15. The number of nitrogens with zero attached hydrogens (tertiary/aromatic N) is 1. The number of aryl methyl sites for hydroxylation is 1. The van der Waals surface area contributed by atoms with Crippen LogP contribution in [-0.4, -0.2) is 31.5 Å². The summed E-state index contributed by atoms with van der Waals surface area (Å²) in [5.41, 5.74) is 2.35. The van der Waals surface area contributed by atoms with Crippen molar-refractivity contribution in [3.63, 3.8) is 0 Å². The van der Waals surface area contributed by atoms with Gasteiger partial charge in [0.1, 0.15) is 5.75 Å². The van der Waals surface area contributed by atoms with Gasteiger partial charge in [-0.25, -0.2) is 0 Å². The number of para-hydroxylation sites is 2. The van der Waals surface area contributed by atoms with Crippen LogP contribution in [0.25, 0.3) is 0 Å². The summed E-state index contributed by atoms with van der Waals surface area (Å²) in [5, 5.41) is 2.57. The molecule has 0 fully saturated rings. The van der Waals surface area contributed by atoms with E-state index in [4.69, 9.17) is 4.74 Å². The van der Waals surface area contributed by atoms with Crippen LogP contribution >= 0.6 is 0 Å². The Bertz CT molecular complexity index is 740. The van der Waals surface area contributed by atoms with Gasteiger partial charge in [-0.3, -0.25) is 9.59 Å². The molecule has 3 rings (SSSR count). The molecule has 1 N–H and O–H groups in total. The van der Waals surface area contributed by atoms with Crippen LogP contribution in [0.1, 0.15) is 15.9 Å². The van der Waals surface area contributed by atoms with Gasteiger partial charge in [0, 0.05) is 12.6 Å². The van der Waals surface area contributed by atoms with E-state index in [1.165, 1.54) is 0 Å². The molecule has 1 aliphatic heterocycles. The first-order chi connectivity index (χ1) is 11.1. The molecule has 0 aliphatic carbocycles. The lowest BCUT2D eigenvalue weighted by Gasteiger charge is -2.34. The van der Waals surface area contributed by atoms with Crippen molar-refractivity contribution < 1.29 is 14.3 Å². The SMILES string of the molecule is CNC(=O)C1CN(C(=O)c2ccc(C)cc2)c2ccccc2O1. The molecule has 2 aromatic rings. The Morgan fingerprint density at radius 3 is 2.52 bits per heavy atom. The summed E-state index contributed by atoms with van der Waals surface area (Å²) in [6, 6.07) is 14.6. The smallest absolute Gasteiger partial charge is 0.262 e. The third-order valence-corrected chi connectivity index (χ3v) is 3.86. The van der Waals surface area contributed by atoms with Crippen molar-refractivity contribution in [2.24, 2.45) is 0 Å². The van der Waals surface area contributed by atoms with E-state index in [1.54, 1.807) is 30.1 Å². The first-order valence-corrected chi connectivity index (χ1v) is 7.46. The van der Waals surface area contributed by atoms with E-state index in [9.17, 15) is 9.59 Å². The second-order valence-electron chi connectivity index (χ2n) is 5.47. The van der Waals surface area contributed by atoms with Crippen LogP contribution in [0.3, 0.4) is 0 Å². The number of hydrogen-bond acceptors (Lipinski definition) is 3. The van der Waals surface area contributed by atoms with Gasteiger partial charge in [-0.05, 0) is 31.2 Å². The summed E-state index contributed by atoms with van der Waals surface area (Å²) in [6.45, 7) is 2.16. The number of anilines is 1. The zero-order chi connectivity index (χ0) is 16.4.